The summed E-state index contributed by atoms with van der Waals surface area (Å²) in [5.74, 6) is -0.130. The van der Waals surface area contributed by atoms with E-state index < -0.39 is 6.43 Å². The van der Waals surface area contributed by atoms with Crippen LogP contribution in [0.1, 0.15) is 33.6 Å². The molecule has 1 amide bonds. The third-order valence-electron chi connectivity index (χ3n) is 2.10. The second kappa shape index (κ2) is 8.67. The van der Waals surface area contributed by atoms with Crippen LogP contribution in [0, 0.1) is 0 Å². The first-order chi connectivity index (χ1) is 8.04. The van der Waals surface area contributed by atoms with Gasteiger partial charge in [-0.05, 0) is 31.1 Å². The minimum absolute atomic E-state index is 0.130. The lowest BCUT2D eigenvalue weighted by Crippen LogP contribution is -2.21. The summed E-state index contributed by atoms with van der Waals surface area (Å²) in [6.45, 7) is 5.40. The van der Waals surface area contributed by atoms with Gasteiger partial charge in [0.25, 0.3) is 6.43 Å². The molecule has 0 aromatic rings. The molecule has 0 aromatic heterocycles. The molecule has 0 aliphatic heterocycles. The van der Waals surface area contributed by atoms with Crippen molar-refractivity contribution in [3.63, 3.8) is 0 Å². The predicted molar refractivity (Wildman–Crippen MR) is 65.7 cm³/mol. The van der Waals surface area contributed by atoms with Crippen LogP contribution < -0.4 is 5.32 Å². The number of allylic oxidation sites excluding steroid dienone is 5. The van der Waals surface area contributed by atoms with Crippen LogP contribution in [-0.2, 0) is 4.79 Å². The number of carbonyl (C=O) groups is 1. The van der Waals surface area contributed by atoms with Gasteiger partial charge in [0.05, 0.1) is 0 Å². The van der Waals surface area contributed by atoms with Gasteiger partial charge in [-0.3, -0.25) is 4.79 Å². The Morgan fingerprint density at radius 3 is 2.29 bits per heavy atom. The number of hydrogen-bond acceptors (Lipinski definition) is 1. The molecule has 0 atom stereocenters. The van der Waals surface area contributed by atoms with E-state index in [1.54, 1.807) is 19.1 Å². The Bertz CT molecular complexity index is 330. The average Bonchev–Trinajstić information content (AvgIpc) is 2.29. The summed E-state index contributed by atoms with van der Waals surface area (Å²) in [5, 5.41) is 2.70. The molecule has 0 fully saturated rings. The first-order valence-electron chi connectivity index (χ1n) is 5.67. The Morgan fingerprint density at radius 2 is 1.88 bits per heavy atom. The van der Waals surface area contributed by atoms with Gasteiger partial charge in [0.2, 0.25) is 5.91 Å². The second-order valence-electron chi connectivity index (χ2n) is 3.39. The van der Waals surface area contributed by atoms with Crippen LogP contribution in [0.2, 0.25) is 0 Å². The maximum absolute atomic E-state index is 12.1. The van der Waals surface area contributed by atoms with E-state index in [-0.39, 0.29) is 5.91 Å². The SMILES string of the molecule is C\C=C/C(NC(=O)CC)=C(\C=C\C(F)F)CC. The fraction of sp³-hybridized carbons (Fsp3) is 0.462. The van der Waals surface area contributed by atoms with E-state index in [2.05, 4.69) is 5.32 Å². The molecule has 17 heavy (non-hydrogen) atoms. The Morgan fingerprint density at radius 1 is 1.24 bits per heavy atom. The van der Waals surface area contributed by atoms with Crippen molar-refractivity contribution >= 4 is 5.91 Å². The smallest absolute Gasteiger partial charge is 0.257 e. The van der Waals surface area contributed by atoms with Gasteiger partial charge in [-0.1, -0.05) is 26.0 Å². The maximum Gasteiger partial charge on any atom is 0.257 e. The summed E-state index contributed by atoms with van der Waals surface area (Å²) in [7, 11) is 0. The predicted octanol–water partition coefficient (Wildman–Crippen LogP) is 3.57. The highest BCUT2D eigenvalue weighted by Crippen LogP contribution is 2.11. The molecule has 0 rings (SSSR count). The zero-order valence-corrected chi connectivity index (χ0v) is 10.5. The van der Waals surface area contributed by atoms with Gasteiger partial charge in [0.15, 0.2) is 0 Å². The normalized spacial score (nSPS) is 13.5. The lowest BCUT2D eigenvalue weighted by molar-refractivity contribution is -0.120. The molecule has 0 radical (unpaired) electrons. The van der Waals surface area contributed by atoms with Gasteiger partial charge >= 0.3 is 0 Å². The molecule has 0 unspecified atom stereocenters. The number of hydrogen-bond donors (Lipinski definition) is 1. The zero-order chi connectivity index (χ0) is 13.3. The van der Waals surface area contributed by atoms with E-state index in [0.717, 1.165) is 6.08 Å². The fourth-order valence-corrected chi connectivity index (χ4v) is 1.22. The molecule has 0 saturated heterocycles. The number of halogens is 2. The quantitative estimate of drug-likeness (QED) is 0.710. The third-order valence-corrected chi connectivity index (χ3v) is 2.10. The second-order valence-corrected chi connectivity index (χ2v) is 3.39. The van der Waals surface area contributed by atoms with Crippen LogP contribution >= 0.6 is 0 Å². The number of amides is 1. The molecule has 0 aliphatic rings. The summed E-state index contributed by atoms with van der Waals surface area (Å²) in [6, 6.07) is 0. The van der Waals surface area contributed by atoms with E-state index >= 15 is 0 Å². The Balaban J connectivity index is 5.09. The van der Waals surface area contributed by atoms with Crippen molar-refractivity contribution in [2.24, 2.45) is 0 Å². The van der Waals surface area contributed by atoms with Crippen LogP contribution in [0.25, 0.3) is 0 Å². The number of nitrogens with one attached hydrogen (secondary N) is 1. The summed E-state index contributed by atoms with van der Waals surface area (Å²) < 4.78 is 24.2. The van der Waals surface area contributed by atoms with Crippen molar-refractivity contribution in [2.75, 3.05) is 0 Å². The zero-order valence-electron chi connectivity index (χ0n) is 10.5. The lowest BCUT2D eigenvalue weighted by atomic mass is 10.1. The molecule has 1 N–H and O–H groups in total. The minimum atomic E-state index is -2.48. The van der Waals surface area contributed by atoms with Crippen LogP contribution in [0.5, 0.6) is 0 Å². The Labute approximate surface area is 101 Å². The molecule has 0 aliphatic carbocycles. The van der Waals surface area contributed by atoms with Crippen LogP contribution in [-0.4, -0.2) is 12.3 Å². The molecule has 0 heterocycles. The molecule has 0 saturated carbocycles. The highest BCUT2D eigenvalue weighted by molar-refractivity contribution is 5.78. The van der Waals surface area contributed by atoms with Crippen molar-refractivity contribution < 1.29 is 13.6 Å². The molecular weight excluding hydrogens is 224 g/mol. The topological polar surface area (TPSA) is 29.1 Å². The fourth-order valence-electron chi connectivity index (χ4n) is 1.22. The molecule has 96 valence electrons. The van der Waals surface area contributed by atoms with Gasteiger partial charge < -0.3 is 5.32 Å². The highest BCUT2D eigenvalue weighted by Gasteiger charge is 2.04. The first-order valence-corrected chi connectivity index (χ1v) is 5.67. The maximum atomic E-state index is 12.1. The standard InChI is InChI=1S/C13H19F2NO/c1-4-7-11(16-13(17)6-3)10(5-2)8-9-12(14)15/h4,7-9,12H,5-6H2,1-3H3,(H,16,17)/b7-4-,9-8+,11-10+. The van der Waals surface area contributed by atoms with Gasteiger partial charge in [-0.25, -0.2) is 8.78 Å². The Kier molecular flexibility index (Phi) is 7.93. The van der Waals surface area contributed by atoms with Gasteiger partial charge in [-0.15, -0.1) is 0 Å². The molecule has 0 aromatic carbocycles. The highest BCUT2D eigenvalue weighted by atomic mass is 19.3. The van der Waals surface area contributed by atoms with Crippen molar-refractivity contribution in [3.05, 3.63) is 35.6 Å². The van der Waals surface area contributed by atoms with Crippen molar-refractivity contribution in [1.82, 2.24) is 5.32 Å². The van der Waals surface area contributed by atoms with E-state index in [1.165, 1.54) is 6.08 Å². The Hall–Kier alpha value is -1.45. The average molecular weight is 243 g/mol. The third kappa shape index (κ3) is 6.66. The van der Waals surface area contributed by atoms with E-state index in [1.807, 2.05) is 13.8 Å². The van der Waals surface area contributed by atoms with Gasteiger partial charge in [0.1, 0.15) is 0 Å². The number of carbonyl (C=O) groups excluding carboxylic acids is 1. The number of rotatable bonds is 6. The number of alkyl halides is 2. The van der Waals surface area contributed by atoms with Crippen molar-refractivity contribution in [2.45, 2.75) is 40.0 Å². The summed E-state index contributed by atoms with van der Waals surface area (Å²) in [6.07, 6.45) is 4.10. The summed E-state index contributed by atoms with van der Waals surface area (Å²) in [4.78, 5) is 11.3. The molecule has 2 nitrogen and oxygen atoms in total. The monoisotopic (exact) mass is 243 g/mol. The summed E-state index contributed by atoms with van der Waals surface area (Å²) in [5.41, 5.74) is 1.27. The molecular formula is C13H19F2NO. The van der Waals surface area contributed by atoms with E-state index in [0.29, 0.717) is 24.1 Å². The minimum Gasteiger partial charge on any atom is -0.326 e. The van der Waals surface area contributed by atoms with Gasteiger partial charge in [-0.2, -0.15) is 0 Å². The molecule has 4 heteroatoms. The summed E-state index contributed by atoms with van der Waals surface area (Å²) >= 11 is 0. The first kappa shape index (κ1) is 15.6. The molecule has 0 bridgehead atoms. The van der Waals surface area contributed by atoms with Crippen molar-refractivity contribution in [1.29, 1.82) is 0 Å². The van der Waals surface area contributed by atoms with Crippen LogP contribution in [0.3, 0.4) is 0 Å². The van der Waals surface area contributed by atoms with Crippen LogP contribution in [0.15, 0.2) is 35.6 Å². The van der Waals surface area contributed by atoms with Crippen LogP contribution in [0.4, 0.5) is 8.78 Å². The van der Waals surface area contributed by atoms with Crippen molar-refractivity contribution in [3.8, 4) is 0 Å². The molecule has 0 spiro atoms. The largest absolute Gasteiger partial charge is 0.326 e. The van der Waals surface area contributed by atoms with E-state index in [4.69, 9.17) is 0 Å². The van der Waals surface area contributed by atoms with E-state index in [9.17, 15) is 13.6 Å². The van der Waals surface area contributed by atoms with Gasteiger partial charge in [0, 0.05) is 12.1 Å². The lowest BCUT2D eigenvalue weighted by Gasteiger charge is -2.09.